The van der Waals surface area contributed by atoms with E-state index >= 15 is 0 Å². The molecule has 0 radical (unpaired) electrons. The second-order valence-electron chi connectivity index (χ2n) is 9.42. The van der Waals surface area contributed by atoms with Crippen molar-refractivity contribution in [3.63, 3.8) is 0 Å². The van der Waals surface area contributed by atoms with E-state index < -0.39 is 0 Å². The van der Waals surface area contributed by atoms with Gasteiger partial charge in [-0.1, -0.05) is 20.8 Å². The minimum absolute atomic E-state index is 0.0428. The highest BCUT2D eigenvalue weighted by Gasteiger charge is 2.36. The van der Waals surface area contributed by atoms with Crippen LogP contribution < -0.4 is 5.32 Å². The quantitative estimate of drug-likeness (QED) is 0.750. The number of nitrogens with zero attached hydrogens (tertiary/aromatic N) is 1. The summed E-state index contributed by atoms with van der Waals surface area (Å²) in [6.07, 6.45) is 3.61. The second kappa shape index (κ2) is 9.16. The number of phenols is 1. The number of hydrogen-bond donors (Lipinski definition) is 2. The smallest absolute Gasteiger partial charge is 0.317 e. The number of likely N-dealkylation sites (tertiary alicyclic amines) is 1. The van der Waals surface area contributed by atoms with Crippen molar-refractivity contribution in [2.45, 2.75) is 52.6 Å². The number of rotatable bonds is 4. The van der Waals surface area contributed by atoms with Crippen molar-refractivity contribution >= 4 is 11.8 Å². The largest absolute Gasteiger partial charge is 0.508 e. The van der Waals surface area contributed by atoms with Crippen LogP contribution >= 0.6 is 0 Å². The molecule has 2 saturated heterocycles. The third-order valence-corrected chi connectivity index (χ3v) is 6.12. The van der Waals surface area contributed by atoms with Crippen molar-refractivity contribution in [2.24, 2.45) is 17.3 Å². The number of urea groups is 1. The number of aromatic hydroxyl groups is 1. The molecule has 2 unspecified atom stereocenters. The lowest BCUT2D eigenvalue weighted by Crippen LogP contribution is -2.49. The normalized spacial score (nSPS) is 23.6. The van der Waals surface area contributed by atoms with Crippen molar-refractivity contribution in [1.82, 2.24) is 10.2 Å². The van der Waals surface area contributed by atoms with E-state index in [0.717, 1.165) is 19.4 Å². The van der Waals surface area contributed by atoms with Crippen molar-refractivity contribution < 1.29 is 19.4 Å². The number of phenolic OH excluding ortho intramolecular Hbond substituents is 1. The van der Waals surface area contributed by atoms with Crippen LogP contribution in [0.2, 0.25) is 0 Å². The summed E-state index contributed by atoms with van der Waals surface area (Å²) in [5.74, 6) is 0.518. The van der Waals surface area contributed by atoms with Crippen molar-refractivity contribution in [3.05, 3.63) is 29.8 Å². The third-order valence-electron chi connectivity index (χ3n) is 6.12. The van der Waals surface area contributed by atoms with E-state index in [1.807, 2.05) is 4.90 Å². The molecule has 2 aliphatic rings. The summed E-state index contributed by atoms with van der Waals surface area (Å²) in [6, 6.07) is 6.35. The van der Waals surface area contributed by atoms with Crippen LogP contribution in [0.4, 0.5) is 4.79 Å². The Morgan fingerprint density at radius 1 is 1.14 bits per heavy atom. The fourth-order valence-corrected chi connectivity index (χ4v) is 4.55. The Hall–Kier alpha value is -2.08. The fraction of sp³-hybridized carbons (Fsp3) is 0.652. The zero-order chi connectivity index (χ0) is 21.0. The van der Waals surface area contributed by atoms with Crippen molar-refractivity contribution in [1.29, 1.82) is 0 Å². The second-order valence-corrected chi connectivity index (χ2v) is 9.42. The number of hydrogen-bond acceptors (Lipinski definition) is 4. The molecular weight excluding hydrogens is 368 g/mol. The highest BCUT2D eigenvalue weighted by molar-refractivity contribution is 5.98. The molecule has 0 saturated carbocycles. The number of carbonyl (C=O) groups is 2. The van der Waals surface area contributed by atoms with E-state index in [4.69, 9.17) is 4.74 Å². The minimum atomic E-state index is -0.0689. The van der Waals surface area contributed by atoms with Gasteiger partial charge in [0.25, 0.3) is 0 Å². The van der Waals surface area contributed by atoms with Crippen LogP contribution in [-0.2, 0) is 4.74 Å². The maximum Gasteiger partial charge on any atom is 0.317 e. The average Bonchev–Trinajstić information content (AvgIpc) is 2.71. The number of benzene rings is 1. The summed E-state index contributed by atoms with van der Waals surface area (Å²) in [4.78, 5) is 27.1. The van der Waals surface area contributed by atoms with Crippen LogP contribution in [0.25, 0.3) is 0 Å². The van der Waals surface area contributed by atoms with Gasteiger partial charge in [0, 0.05) is 43.6 Å². The number of carbonyl (C=O) groups excluding carboxylic acids is 2. The van der Waals surface area contributed by atoms with Crippen LogP contribution in [0.5, 0.6) is 5.75 Å². The summed E-state index contributed by atoms with van der Waals surface area (Å²) in [5.41, 5.74) is 0.680. The Balaban J connectivity index is 1.47. The number of ketones is 1. The zero-order valence-corrected chi connectivity index (χ0v) is 17.8. The number of nitrogens with one attached hydrogen (secondary N) is 1. The van der Waals surface area contributed by atoms with E-state index in [2.05, 4.69) is 26.1 Å². The Morgan fingerprint density at radius 2 is 1.79 bits per heavy atom. The predicted octanol–water partition coefficient (Wildman–Crippen LogP) is 3.84. The summed E-state index contributed by atoms with van der Waals surface area (Å²) in [7, 11) is 0. The lowest BCUT2D eigenvalue weighted by molar-refractivity contribution is -0.0839. The van der Waals surface area contributed by atoms with E-state index in [9.17, 15) is 14.7 Å². The Bertz CT molecular complexity index is 703. The van der Waals surface area contributed by atoms with Crippen LogP contribution in [0.15, 0.2) is 24.3 Å². The molecule has 2 N–H and O–H groups in total. The molecule has 29 heavy (non-hydrogen) atoms. The number of ether oxygens (including phenoxy) is 1. The van der Waals surface area contributed by atoms with Gasteiger partial charge in [0.05, 0.1) is 6.10 Å². The maximum atomic E-state index is 12.6. The van der Waals surface area contributed by atoms with Crippen LogP contribution in [0.1, 0.15) is 56.8 Å². The molecule has 0 bridgehead atoms. The molecule has 1 aromatic carbocycles. The lowest BCUT2D eigenvalue weighted by Gasteiger charge is -2.40. The highest BCUT2D eigenvalue weighted by Crippen LogP contribution is 2.33. The molecule has 2 aliphatic heterocycles. The number of Topliss-reactive ketones (excluding diaryl/α,β-unsaturated/α-hetero) is 1. The van der Waals surface area contributed by atoms with Gasteiger partial charge >= 0.3 is 6.03 Å². The van der Waals surface area contributed by atoms with Crippen LogP contribution in [-0.4, -0.2) is 54.2 Å². The first-order chi connectivity index (χ1) is 13.8. The molecule has 2 fully saturated rings. The third kappa shape index (κ3) is 5.50. The lowest BCUT2D eigenvalue weighted by atomic mass is 9.78. The molecular formula is C23H34N2O4. The molecule has 1 aromatic rings. The zero-order valence-electron chi connectivity index (χ0n) is 17.8. The van der Waals surface area contributed by atoms with Gasteiger partial charge in [-0.05, 0) is 55.4 Å². The molecule has 6 nitrogen and oxygen atoms in total. The molecule has 2 amide bonds. The van der Waals surface area contributed by atoms with Crippen LogP contribution in [0.3, 0.4) is 0 Å². The predicted molar refractivity (Wildman–Crippen MR) is 112 cm³/mol. The number of amides is 2. The van der Waals surface area contributed by atoms with E-state index in [0.29, 0.717) is 44.0 Å². The first-order valence-corrected chi connectivity index (χ1v) is 10.7. The summed E-state index contributed by atoms with van der Waals surface area (Å²) < 4.78 is 6.00. The molecule has 0 spiro atoms. The molecule has 2 heterocycles. The number of piperidine rings is 1. The Labute approximate surface area is 173 Å². The van der Waals surface area contributed by atoms with Gasteiger partial charge in [-0.25, -0.2) is 4.79 Å². The van der Waals surface area contributed by atoms with Gasteiger partial charge in [-0.15, -0.1) is 0 Å². The first kappa shape index (κ1) is 21.6. The summed E-state index contributed by atoms with van der Waals surface area (Å²) >= 11 is 0. The van der Waals surface area contributed by atoms with Gasteiger partial charge in [0.15, 0.2) is 5.78 Å². The summed E-state index contributed by atoms with van der Waals surface area (Å²) in [5, 5.41) is 12.5. The van der Waals surface area contributed by atoms with Gasteiger partial charge in [0.1, 0.15) is 5.75 Å². The van der Waals surface area contributed by atoms with Gasteiger partial charge in [-0.3, -0.25) is 4.79 Å². The van der Waals surface area contributed by atoms with Gasteiger partial charge in [-0.2, -0.15) is 0 Å². The molecule has 0 aromatic heterocycles. The topological polar surface area (TPSA) is 78.9 Å². The first-order valence-electron chi connectivity index (χ1n) is 10.7. The van der Waals surface area contributed by atoms with E-state index in [-0.39, 0.29) is 35.0 Å². The minimum Gasteiger partial charge on any atom is -0.508 e. The monoisotopic (exact) mass is 402 g/mol. The standard InChI is InChI=1S/C23H34N2O4/c1-23(2,3)21-18(5-4-14-29-21)15-24-22(28)25-12-10-17(11-13-25)20(27)16-6-8-19(26)9-7-16/h6-9,17-18,21,26H,4-5,10-15H2,1-3H3,(H,24,28). The van der Waals surface area contributed by atoms with Crippen molar-refractivity contribution in [3.8, 4) is 5.75 Å². The van der Waals surface area contributed by atoms with Crippen LogP contribution in [0, 0.1) is 17.3 Å². The molecule has 2 atom stereocenters. The van der Waals surface area contributed by atoms with E-state index in [1.54, 1.807) is 12.1 Å². The maximum absolute atomic E-state index is 12.6. The van der Waals surface area contributed by atoms with Gasteiger partial charge in [0.2, 0.25) is 0 Å². The Morgan fingerprint density at radius 3 is 2.41 bits per heavy atom. The van der Waals surface area contributed by atoms with Crippen molar-refractivity contribution in [2.75, 3.05) is 26.2 Å². The average molecular weight is 403 g/mol. The highest BCUT2D eigenvalue weighted by atomic mass is 16.5. The molecule has 6 heteroatoms. The van der Waals surface area contributed by atoms with E-state index in [1.165, 1.54) is 12.1 Å². The Kier molecular flexibility index (Phi) is 6.83. The molecule has 160 valence electrons. The molecule has 3 rings (SSSR count). The van der Waals surface area contributed by atoms with Gasteiger partial charge < -0.3 is 20.1 Å². The fourth-order valence-electron chi connectivity index (χ4n) is 4.55. The molecule has 0 aliphatic carbocycles. The SMILES string of the molecule is CC(C)(C)C1OCCCC1CNC(=O)N1CCC(C(=O)c2ccc(O)cc2)CC1. The summed E-state index contributed by atoms with van der Waals surface area (Å²) in [6.45, 7) is 9.17.